The van der Waals surface area contributed by atoms with Crippen molar-refractivity contribution in [2.24, 2.45) is 0 Å². The minimum absolute atomic E-state index is 0.725. The van der Waals surface area contributed by atoms with Crippen molar-refractivity contribution >= 4 is 5.69 Å². The van der Waals surface area contributed by atoms with Gasteiger partial charge in [0, 0.05) is 18.7 Å². The summed E-state index contributed by atoms with van der Waals surface area (Å²) in [6, 6.07) is 14.7. The van der Waals surface area contributed by atoms with Crippen LogP contribution in [0.15, 0.2) is 42.5 Å². The highest BCUT2D eigenvalue weighted by atomic mass is 16.5. The number of benzene rings is 2. The number of hydrogen-bond acceptors (Lipinski definition) is 3. The molecule has 0 aromatic heterocycles. The maximum atomic E-state index is 5.72. The number of rotatable bonds is 4. The van der Waals surface area contributed by atoms with Gasteiger partial charge in [-0.3, -0.25) is 0 Å². The monoisotopic (exact) mass is 283 g/mol. The maximum absolute atomic E-state index is 5.72. The highest BCUT2D eigenvalue weighted by molar-refractivity contribution is 5.47. The van der Waals surface area contributed by atoms with E-state index in [9.17, 15) is 0 Å². The first kappa shape index (κ1) is 13.8. The Morgan fingerprint density at radius 2 is 1.62 bits per heavy atom. The fourth-order valence-electron chi connectivity index (χ4n) is 2.38. The summed E-state index contributed by atoms with van der Waals surface area (Å²) >= 11 is 0. The van der Waals surface area contributed by atoms with Crippen LogP contribution in [0.5, 0.6) is 11.5 Å². The normalized spacial score (nSPS) is 13.6. The van der Waals surface area contributed by atoms with E-state index in [-0.39, 0.29) is 0 Å². The molecule has 0 aliphatic carbocycles. The molecular weight excluding hydrogens is 262 g/mol. The van der Waals surface area contributed by atoms with Gasteiger partial charge in [0.1, 0.15) is 0 Å². The molecule has 3 nitrogen and oxygen atoms in total. The van der Waals surface area contributed by atoms with Gasteiger partial charge in [-0.2, -0.15) is 0 Å². The first-order valence-electron chi connectivity index (χ1n) is 7.56. The Morgan fingerprint density at radius 1 is 0.905 bits per heavy atom. The van der Waals surface area contributed by atoms with Crippen LogP contribution >= 0.6 is 0 Å². The highest BCUT2D eigenvalue weighted by Crippen LogP contribution is 2.30. The fraction of sp³-hybridized carbons (Fsp3) is 0.333. The van der Waals surface area contributed by atoms with Gasteiger partial charge in [0.2, 0.25) is 0 Å². The molecule has 0 atom stereocenters. The summed E-state index contributed by atoms with van der Waals surface area (Å²) in [6.07, 6.45) is 2.01. The van der Waals surface area contributed by atoms with Crippen molar-refractivity contribution in [1.82, 2.24) is 0 Å². The Hall–Kier alpha value is -2.16. The van der Waals surface area contributed by atoms with Crippen molar-refractivity contribution in [1.29, 1.82) is 0 Å². The van der Waals surface area contributed by atoms with E-state index < -0.39 is 0 Å². The summed E-state index contributed by atoms with van der Waals surface area (Å²) in [4.78, 5) is 0. The predicted octanol–water partition coefficient (Wildman–Crippen LogP) is 4.02. The molecule has 1 N–H and O–H groups in total. The molecule has 1 aliphatic rings. The van der Waals surface area contributed by atoms with E-state index in [2.05, 4.69) is 48.6 Å². The van der Waals surface area contributed by atoms with Crippen molar-refractivity contribution in [2.45, 2.75) is 26.3 Å². The van der Waals surface area contributed by atoms with E-state index in [1.807, 2.05) is 6.07 Å². The van der Waals surface area contributed by atoms with Gasteiger partial charge >= 0.3 is 0 Å². The van der Waals surface area contributed by atoms with Crippen molar-refractivity contribution < 1.29 is 9.47 Å². The van der Waals surface area contributed by atoms with Crippen LogP contribution < -0.4 is 14.8 Å². The molecule has 21 heavy (non-hydrogen) atoms. The molecule has 3 rings (SSSR count). The fourth-order valence-corrected chi connectivity index (χ4v) is 2.38. The average molecular weight is 283 g/mol. The minimum atomic E-state index is 0.725. The standard InChI is InChI=1S/C18H21NO2/c1-2-14-4-7-16(8-5-14)19-13-15-6-9-17-18(12-15)21-11-3-10-20-17/h4-9,12,19H,2-3,10-11,13H2,1H3. The molecule has 0 bridgehead atoms. The Morgan fingerprint density at radius 3 is 2.38 bits per heavy atom. The third kappa shape index (κ3) is 3.48. The molecule has 0 radical (unpaired) electrons. The molecule has 1 aliphatic heterocycles. The third-order valence-electron chi connectivity index (χ3n) is 3.67. The topological polar surface area (TPSA) is 30.5 Å². The molecule has 2 aromatic rings. The lowest BCUT2D eigenvalue weighted by molar-refractivity contribution is 0.297. The van der Waals surface area contributed by atoms with Gasteiger partial charge in [0.25, 0.3) is 0 Å². The third-order valence-corrected chi connectivity index (χ3v) is 3.67. The van der Waals surface area contributed by atoms with Crippen molar-refractivity contribution in [3.8, 4) is 11.5 Å². The van der Waals surface area contributed by atoms with Crippen LogP contribution in [0.4, 0.5) is 5.69 Å². The lowest BCUT2D eigenvalue weighted by atomic mass is 10.1. The smallest absolute Gasteiger partial charge is 0.161 e. The Kier molecular flexibility index (Phi) is 4.29. The molecule has 0 fully saturated rings. The number of hydrogen-bond donors (Lipinski definition) is 1. The Labute approximate surface area is 125 Å². The Bertz CT molecular complexity index is 593. The van der Waals surface area contributed by atoms with Crippen molar-refractivity contribution in [3.63, 3.8) is 0 Å². The van der Waals surface area contributed by atoms with Crippen LogP contribution in [-0.4, -0.2) is 13.2 Å². The number of fused-ring (bicyclic) bond motifs is 1. The van der Waals surface area contributed by atoms with Gasteiger partial charge in [-0.25, -0.2) is 0 Å². The summed E-state index contributed by atoms with van der Waals surface area (Å²) < 4.78 is 11.4. The van der Waals surface area contributed by atoms with Gasteiger partial charge < -0.3 is 14.8 Å². The average Bonchev–Trinajstić information content (AvgIpc) is 2.78. The van der Waals surface area contributed by atoms with E-state index in [0.29, 0.717) is 0 Å². The molecule has 110 valence electrons. The van der Waals surface area contributed by atoms with Crippen LogP contribution in [0.3, 0.4) is 0 Å². The van der Waals surface area contributed by atoms with Crippen molar-refractivity contribution in [3.05, 3.63) is 53.6 Å². The van der Waals surface area contributed by atoms with Gasteiger partial charge in [0.15, 0.2) is 11.5 Å². The maximum Gasteiger partial charge on any atom is 0.161 e. The first-order chi connectivity index (χ1) is 10.3. The summed E-state index contributed by atoms with van der Waals surface area (Å²) in [6.45, 7) is 4.40. The molecule has 0 amide bonds. The molecule has 0 saturated carbocycles. The zero-order chi connectivity index (χ0) is 14.5. The van der Waals surface area contributed by atoms with Crippen LogP contribution in [0.1, 0.15) is 24.5 Å². The van der Waals surface area contributed by atoms with Crippen LogP contribution in [0, 0.1) is 0 Å². The quantitative estimate of drug-likeness (QED) is 0.919. The number of nitrogens with one attached hydrogen (secondary N) is 1. The molecule has 0 unspecified atom stereocenters. The summed E-state index contributed by atoms with van der Waals surface area (Å²) in [5.41, 5.74) is 3.69. The largest absolute Gasteiger partial charge is 0.490 e. The molecular formula is C18H21NO2. The zero-order valence-electron chi connectivity index (χ0n) is 12.4. The summed E-state index contributed by atoms with van der Waals surface area (Å²) in [5.74, 6) is 1.71. The van der Waals surface area contributed by atoms with Crippen LogP contribution in [0.2, 0.25) is 0 Å². The second kappa shape index (κ2) is 6.53. The summed E-state index contributed by atoms with van der Waals surface area (Å²) in [7, 11) is 0. The van der Waals surface area contributed by atoms with E-state index in [1.54, 1.807) is 0 Å². The Balaban J connectivity index is 1.66. The predicted molar refractivity (Wildman–Crippen MR) is 85.2 cm³/mol. The number of ether oxygens (including phenoxy) is 2. The zero-order valence-corrected chi connectivity index (χ0v) is 12.4. The lowest BCUT2D eigenvalue weighted by Crippen LogP contribution is -2.00. The number of anilines is 1. The van der Waals surface area contributed by atoms with Gasteiger partial charge in [0.05, 0.1) is 13.2 Å². The van der Waals surface area contributed by atoms with Gasteiger partial charge in [-0.15, -0.1) is 0 Å². The molecule has 0 saturated heterocycles. The molecule has 0 spiro atoms. The highest BCUT2D eigenvalue weighted by Gasteiger charge is 2.10. The van der Waals surface area contributed by atoms with Gasteiger partial charge in [-0.1, -0.05) is 25.1 Å². The van der Waals surface area contributed by atoms with E-state index in [0.717, 1.165) is 49.8 Å². The SMILES string of the molecule is CCc1ccc(NCc2ccc3c(c2)OCCCO3)cc1. The van der Waals surface area contributed by atoms with Crippen molar-refractivity contribution in [2.75, 3.05) is 18.5 Å². The second-order valence-electron chi connectivity index (χ2n) is 5.24. The number of aryl methyl sites for hydroxylation is 1. The van der Waals surface area contributed by atoms with Gasteiger partial charge in [-0.05, 0) is 41.8 Å². The van der Waals surface area contributed by atoms with Crippen LogP contribution in [0.25, 0.3) is 0 Å². The lowest BCUT2D eigenvalue weighted by Gasteiger charge is -2.11. The summed E-state index contributed by atoms with van der Waals surface area (Å²) in [5, 5.41) is 3.44. The molecule has 1 heterocycles. The second-order valence-corrected chi connectivity index (χ2v) is 5.24. The van der Waals surface area contributed by atoms with E-state index in [1.165, 1.54) is 11.1 Å². The van der Waals surface area contributed by atoms with E-state index in [4.69, 9.17) is 9.47 Å². The van der Waals surface area contributed by atoms with Crippen LogP contribution in [-0.2, 0) is 13.0 Å². The molecule has 2 aromatic carbocycles. The first-order valence-corrected chi connectivity index (χ1v) is 7.56. The minimum Gasteiger partial charge on any atom is -0.490 e. The van der Waals surface area contributed by atoms with E-state index >= 15 is 0 Å². The molecule has 3 heteroatoms.